The third kappa shape index (κ3) is 36.8. The van der Waals surface area contributed by atoms with Crippen molar-refractivity contribution in [2.45, 2.75) is 80.1 Å². The van der Waals surface area contributed by atoms with Crippen LogP contribution in [0, 0.1) is 17.8 Å². The monoisotopic (exact) mass is 718 g/mol. The molecule has 0 heterocycles. The van der Waals surface area contributed by atoms with Crippen molar-refractivity contribution in [1.29, 1.82) is 0 Å². The Morgan fingerprint density at radius 1 is 0.714 bits per heavy atom. The molecule has 0 saturated heterocycles. The summed E-state index contributed by atoms with van der Waals surface area (Å²) in [6.45, 7) is 10.7. The van der Waals surface area contributed by atoms with E-state index in [2.05, 4.69) is 0 Å². The Hall–Kier alpha value is 0.542. The molecule has 0 aliphatic carbocycles. The standard InChI is InChI=1S/C11H17O2.C7H9O3.C6H9O3.3Y/c1-8(2)10(4)11(13)6-5-9(3)7-12;1-6(4-8)2-3-7(10)5-9;1-5(4-7)2-3-6(8)9;;;/h9H,5-6H2,1-4H3;5-6H,2-3H2,1H3;5H,2-3H2,1H3,(H,8,9);;;/q3*-1;;;. The van der Waals surface area contributed by atoms with E-state index in [9.17, 15) is 33.6 Å². The Balaban J connectivity index is -0.0000000880. The van der Waals surface area contributed by atoms with Gasteiger partial charge < -0.3 is 19.5 Å². The summed E-state index contributed by atoms with van der Waals surface area (Å²) in [5.41, 5.74) is 1.87. The zero-order valence-corrected chi connectivity index (χ0v) is 30.1. The quantitative estimate of drug-likeness (QED) is 0.125. The van der Waals surface area contributed by atoms with Gasteiger partial charge in [0.25, 0.3) is 0 Å². The predicted octanol–water partition coefficient (Wildman–Crippen LogP) is 3.31. The van der Waals surface area contributed by atoms with E-state index in [0.29, 0.717) is 25.7 Å². The number of Topliss-reactive ketones (excluding diaryl/α,β-unsaturated/α-hetero) is 2. The molecule has 0 aromatic heterocycles. The van der Waals surface area contributed by atoms with Gasteiger partial charge in [-0.1, -0.05) is 45.6 Å². The molecule has 1 N–H and O–H groups in total. The number of allylic oxidation sites excluding steroid dienone is 2. The Labute approximate surface area is 285 Å². The molecule has 0 saturated carbocycles. The smallest absolute Gasteiger partial charge is 0.303 e. The number of carboxylic acids is 1. The van der Waals surface area contributed by atoms with E-state index in [1.54, 1.807) is 33.3 Å². The molecule has 3 atom stereocenters. The zero-order valence-electron chi connectivity index (χ0n) is 21.6. The summed E-state index contributed by atoms with van der Waals surface area (Å²) in [6, 6.07) is 0. The number of rotatable bonds is 14. The number of aldehydes is 1. The number of ketones is 2. The number of carboxylic acid groups (broad SMARTS) is 1. The number of carbonyl (C=O) groups is 4. The Bertz CT molecular complexity index is 659. The molecule has 0 bridgehead atoms. The summed E-state index contributed by atoms with van der Waals surface area (Å²) in [4.78, 5) is 71.3. The minimum Gasteiger partial charge on any atom is -0.542 e. The largest absolute Gasteiger partial charge is 0.542 e. The number of carbonyl (C=O) groups excluding carboxylic acids is 6. The maximum absolute atomic E-state index is 11.4. The Morgan fingerprint density at radius 3 is 1.34 bits per heavy atom. The van der Waals surface area contributed by atoms with Crippen molar-refractivity contribution in [3.8, 4) is 0 Å². The molecule has 0 aromatic rings. The fourth-order valence-electron chi connectivity index (χ4n) is 1.75. The molecule has 8 nitrogen and oxygen atoms in total. The Kier molecular flexibility index (Phi) is 45.2. The molecule has 11 heteroatoms. The van der Waals surface area contributed by atoms with Gasteiger partial charge in [-0.05, 0) is 26.3 Å². The van der Waals surface area contributed by atoms with Gasteiger partial charge in [0.05, 0.1) is 0 Å². The van der Waals surface area contributed by atoms with Crippen LogP contribution in [0.2, 0.25) is 0 Å². The molecule has 0 aliphatic rings. The van der Waals surface area contributed by atoms with Gasteiger partial charge in [0.1, 0.15) is 0 Å². The zero-order chi connectivity index (χ0) is 25.7. The fourth-order valence-corrected chi connectivity index (χ4v) is 1.75. The van der Waals surface area contributed by atoms with E-state index in [1.807, 2.05) is 27.1 Å². The van der Waals surface area contributed by atoms with E-state index < -0.39 is 11.8 Å². The summed E-state index contributed by atoms with van der Waals surface area (Å²) in [5, 5.41) is 8.13. The first-order valence-corrected chi connectivity index (χ1v) is 10.4. The molecule has 191 valence electrons. The number of aliphatic carboxylic acids is 1. The molecule has 35 heavy (non-hydrogen) atoms. The molecule has 0 fully saturated rings. The van der Waals surface area contributed by atoms with Crippen molar-refractivity contribution < 1.29 is 137 Å². The van der Waals surface area contributed by atoms with Crippen LogP contribution < -0.4 is 0 Å². The first kappa shape index (κ1) is 48.6. The maximum Gasteiger partial charge on any atom is 0.303 e. The third-order valence-corrected chi connectivity index (χ3v) is 4.32. The average Bonchev–Trinajstić information content (AvgIpc) is 2.78. The van der Waals surface area contributed by atoms with E-state index in [4.69, 9.17) is 5.11 Å². The van der Waals surface area contributed by atoms with Crippen molar-refractivity contribution in [3.05, 3.63) is 11.1 Å². The van der Waals surface area contributed by atoms with E-state index in [0.717, 1.165) is 11.1 Å². The maximum atomic E-state index is 11.4. The van der Waals surface area contributed by atoms with E-state index in [-0.39, 0.29) is 141 Å². The first-order chi connectivity index (χ1) is 14.9. The predicted molar refractivity (Wildman–Crippen MR) is 120 cm³/mol. The molecule has 0 rings (SSSR count). The normalized spacial score (nSPS) is 11.1. The van der Waals surface area contributed by atoms with Crippen LogP contribution in [0.4, 0.5) is 0 Å². The van der Waals surface area contributed by atoms with Crippen LogP contribution in [0.3, 0.4) is 0 Å². The van der Waals surface area contributed by atoms with Crippen molar-refractivity contribution in [2.75, 3.05) is 0 Å². The van der Waals surface area contributed by atoms with Crippen LogP contribution in [0.25, 0.3) is 0 Å². The molecule has 0 aliphatic heterocycles. The molecule has 3 radical (unpaired) electrons. The second kappa shape index (κ2) is 32.6. The van der Waals surface area contributed by atoms with Crippen LogP contribution in [-0.2, 0) is 132 Å². The van der Waals surface area contributed by atoms with Gasteiger partial charge in [-0.15, -0.1) is 17.8 Å². The van der Waals surface area contributed by atoms with Gasteiger partial charge in [0.2, 0.25) is 0 Å². The van der Waals surface area contributed by atoms with E-state index in [1.165, 1.54) is 0 Å². The van der Waals surface area contributed by atoms with Gasteiger partial charge >= 0.3 is 5.97 Å². The Morgan fingerprint density at radius 2 is 1.06 bits per heavy atom. The van der Waals surface area contributed by atoms with Crippen LogP contribution in [0.15, 0.2) is 11.1 Å². The van der Waals surface area contributed by atoms with Gasteiger partial charge in [-0.25, -0.2) is 0 Å². The first-order valence-electron chi connectivity index (χ1n) is 10.4. The minimum absolute atomic E-state index is 0. The van der Waals surface area contributed by atoms with Gasteiger partial charge in [-0.2, -0.15) is 0 Å². The average molecular weight is 718 g/mol. The molecular formula is C24H35O8Y3-3. The molecular weight excluding hydrogens is 683 g/mol. The van der Waals surface area contributed by atoms with Crippen LogP contribution in [-0.4, -0.2) is 47.8 Å². The van der Waals surface area contributed by atoms with Crippen LogP contribution in [0.5, 0.6) is 0 Å². The topological polar surface area (TPSA) is 140 Å². The van der Waals surface area contributed by atoms with Gasteiger partial charge in [-0.3, -0.25) is 38.0 Å². The summed E-state index contributed by atoms with van der Waals surface area (Å²) in [6.07, 6.45) is 7.64. The van der Waals surface area contributed by atoms with Crippen molar-refractivity contribution in [2.24, 2.45) is 17.8 Å². The molecule has 3 unspecified atom stereocenters. The third-order valence-electron chi connectivity index (χ3n) is 4.32. The van der Waals surface area contributed by atoms with E-state index >= 15 is 0 Å². The van der Waals surface area contributed by atoms with Crippen LogP contribution in [0.1, 0.15) is 80.1 Å². The summed E-state index contributed by atoms with van der Waals surface area (Å²) in [5.74, 6) is -1.81. The molecule has 0 aromatic carbocycles. The SMILES string of the molecule is CC(C)=C(C)C(=O)CCC(C)[C-]=O.CC([C-]=O)CCC(=O)C=O.CC([C-]=O)CCC(=O)O.[Y].[Y].[Y]. The van der Waals surface area contributed by atoms with Gasteiger partial charge in [0, 0.05) is 117 Å². The second-order valence-corrected chi connectivity index (χ2v) is 7.70. The van der Waals surface area contributed by atoms with Crippen molar-refractivity contribution >= 4 is 42.7 Å². The number of hydrogen-bond acceptors (Lipinski definition) is 7. The van der Waals surface area contributed by atoms with Crippen molar-refractivity contribution in [1.82, 2.24) is 0 Å². The minimum atomic E-state index is -0.864. The summed E-state index contributed by atoms with van der Waals surface area (Å²) in [7, 11) is 0. The summed E-state index contributed by atoms with van der Waals surface area (Å²) < 4.78 is 0. The van der Waals surface area contributed by atoms with Crippen molar-refractivity contribution in [3.63, 3.8) is 0 Å². The van der Waals surface area contributed by atoms with Crippen LogP contribution >= 0.6 is 0 Å². The fraction of sp³-hybridized carbons (Fsp3) is 0.625. The molecule has 0 spiro atoms. The summed E-state index contributed by atoms with van der Waals surface area (Å²) >= 11 is 0. The number of hydrogen-bond donors (Lipinski definition) is 1. The van der Waals surface area contributed by atoms with Gasteiger partial charge in [0.15, 0.2) is 17.9 Å². The second-order valence-electron chi connectivity index (χ2n) is 7.70. The molecule has 0 amide bonds.